The van der Waals surface area contributed by atoms with Crippen molar-refractivity contribution in [1.82, 2.24) is 14.5 Å². The largest absolute Gasteiger partial charge is 0.507 e. The molecule has 7 aromatic carbocycles. The van der Waals surface area contributed by atoms with E-state index in [9.17, 15) is 5.11 Å². The van der Waals surface area contributed by atoms with Gasteiger partial charge in [-0.2, -0.15) is 0 Å². The van der Waals surface area contributed by atoms with Crippen LogP contribution < -0.4 is 0 Å². The van der Waals surface area contributed by atoms with Gasteiger partial charge < -0.3 is 5.11 Å². The summed E-state index contributed by atoms with van der Waals surface area (Å²) in [6.45, 7) is 5.36. The Morgan fingerprint density at radius 1 is 0.569 bits per heavy atom. The average molecular weight is 756 g/mol. The van der Waals surface area contributed by atoms with Crippen LogP contribution in [0.5, 0.6) is 5.75 Å². The number of aryl methyl sites for hydroxylation is 3. The summed E-state index contributed by atoms with van der Waals surface area (Å²) in [7, 11) is 0. The molecule has 0 amide bonds. The van der Waals surface area contributed by atoms with Crippen LogP contribution in [0, 0.1) is 20.7 Å². The van der Waals surface area contributed by atoms with E-state index in [2.05, 4.69) is 59.2 Å². The van der Waals surface area contributed by atoms with Crippen LogP contribution in [0.15, 0.2) is 170 Å². The maximum Gasteiger partial charge on any atom is 0.149 e. The molecule has 4 nitrogen and oxygen atoms in total. The van der Waals surface area contributed by atoms with Gasteiger partial charge in [0.25, 0.3) is 0 Å². The number of para-hydroxylation sites is 1. The minimum Gasteiger partial charge on any atom is -0.507 e. The van der Waals surface area contributed by atoms with E-state index in [0.717, 1.165) is 89.2 Å². The first-order chi connectivity index (χ1) is 29.7. The fourth-order valence-corrected chi connectivity index (χ4v) is 7.96. The van der Waals surface area contributed by atoms with Gasteiger partial charge >= 0.3 is 0 Å². The van der Waals surface area contributed by atoms with Gasteiger partial charge in [-0.1, -0.05) is 129 Å². The second-order valence-corrected chi connectivity index (χ2v) is 15.2. The summed E-state index contributed by atoms with van der Waals surface area (Å²) in [6, 6.07) is 54.2. The number of hydrogen-bond acceptors (Lipinski definition) is 3. The van der Waals surface area contributed by atoms with Gasteiger partial charge in [0.1, 0.15) is 11.6 Å². The molecule has 2 aromatic heterocycles. The van der Waals surface area contributed by atoms with Crippen LogP contribution >= 0.6 is 0 Å². The van der Waals surface area contributed by atoms with Crippen LogP contribution in [0.3, 0.4) is 0 Å². The molecule has 0 atom stereocenters. The number of nitrogens with zero attached hydrogens (tertiary/aromatic N) is 3. The number of aromatic hydroxyl groups is 1. The Bertz CT molecular complexity index is 3110. The van der Waals surface area contributed by atoms with E-state index in [1.54, 1.807) is 12.1 Å². The molecular weight excluding hydrogens is 707 g/mol. The first kappa shape index (κ1) is 32.1. The number of rotatable bonds is 8. The normalized spacial score (nSPS) is 12.8. The topological polar surface area (TPSA) is 50.9 Å². The number of benzene rings is 7. The summed E-state index contributed by atoms with van der Waals surface area (Å²) in [6.07, 6.45) is 1.84. The summed E-state index contributed by atoms with van der Waals surface area (Å²) in [5.74, 6) is -0.0283. The lowest BCUT2D eigenvalue weighted by Crippen LogP contribution is -2.01. The number of fused-ring (bicyclic) bond motifs is 1. The monoisotopic (exact) mass is 755 g/mol. The fourth-order valence-electron chi connectivity index (χ4n) is 7.96. The molecule has 9 aromatic rings. The van der Waals surface area contributed by atoms with Crippen molar-refractivity contribution in [3.8, 4) is 78.6 Å². The second kappa shape index (κ2) is 15.1. The summed E-state index contributed by atoms with van der Waals surface area (Å²) < 4.78 is 35.4. The lowest BCUT2D eigenvalue weighted by molar-refractivity contribution is 0.472. The average Bonchev–Trinajstić information content (AvgIpc) is 3.67. The standard InChI is InChI=1S/C54H45N3O/c1-34(2)38-20-22-40(23-21-38)42-25-26-55-49(33-42)45-31-43(39-13-8-6-9-14-39)30-44(32-45)46-17-12-18-51-52(46)56-54(48-29-36(4)27-37(5)53(48)58)57(51)50-24-19-35(3)28-47(50)41-15-10-7-11-16-41/h6-34,58H,1-5H3/i3D3,34D. The van der Waals surface area contributed by atoms with Gasteiger partial charge in [-0.25, -0.2) is 4.98 Å². The summed E-state index contributed by atoms with van der Waals surface area (Å²) in [5.41, 5.74) is 15.0. The minimum absolute atomic E-state index is 0.131. The molecule has 0 aliphatic carbocycles. The highest BCUT2D eigenvalue weighted by Crippen LogP contribution is 2.42. The molecule has 0 unspecified atom stereocenters. The Labute approximate surface area is 346 Å². The fraction of sp³-hybridized carbons (Fsp3) is 0.111. The Morgan fingerprint density at radius 2 is 1.26 bits per heavy atom. The van der Waals surface area contributed by atoms with E-state index < -0.39 is 12.7 Å². The van der Waals surface area contributed by atoms with Gasteiger partial charge in [0.2, 0.25) is 0 Å². The molecule has 0 fully saturated rings. The van der Waals surface area contributed by atoms with Crippen molar-refractivity contribution >= 4 is 11.0 Å². The van der Waals surface area contributed by atoms with Crippen molar-refractivity contribution in [3.63, 3.8) is 0 Å². The van der Waals surface area contributed by atoms with E-state index in [0.29, 0.717) is 11.4 Å². The van der Waals surface area contributed by atoms with Crippen LogP contribution in [0.4, 0.5) is 0 Å². The summed E-state index contributed by atoms with van der Waals surface area (Å²) in [4.78, 5) is 10.3. The van der Waals surface area contributed by atoms with E-state index in [-0.39, 0.29) is 11.3 Å². The molecule has 0 saturated carbocycles. The molecule has 58 heavy (non-hydrogen) atoms. The van der Waals surface area contributed by atoms with Crippen LogP contribution in [-0.2, 0) is 0 Å². The smallest absolute Gasteiger partial charge is 0.149 e. The third-order valence-corrected chi connectivity index (χ3v) is 10.9. The molecule has 0 bridgehead atoms. The van der Waals surface area contributed by atoms with Gasteiger partial charge in [0, 0.05) is 28.4 Å². The van der Waals surface area contributed by atoms with Crippen molar-refractivity contribution in [3.05, 3.63) is 192 Å². The Kier molecular flexibility index (Phi) is 8.37. The Morgan fingerprint density at radius 3 is 2.00 bits per heavy atom. The predicted octanol–water partition coefficient (Wildman–Crippen LogP) is 14.2. The Hall–Kier alpha value is -7.04. The highest BCUT2D eigenvalue weighted by atomic mass is 16.3. The van der Waals surface area contributed by atoms with Crippen molar-refractivity contribution in [2.45, 2.75) is 40.4 Å². The van der Waals surface area contributed by atoms with Crippen LogP contribution in [0.1, 0.15) is 47.5 Å². The number of phenolic OH excluding ortho intramolecular Hbond substituents is 1. The van der Waals surface area contributed by atoms with E-state index in [1.807, 2.05) is 131 Å². The Balaban J connectivity index is 1.29. The molecule has 2 heterocycles. The lowest BCUT2D eigenvalue weighted by Gasteiger charge is -2.17. The molecule has 0 aliphatic rings. The van der Waals surface area contributed by atoms with E-state index >= 15 is 0 Å². The number of phenols is 1. The molecule has 9 rings (SSSR count). The first-order valence-electron chi connectivity index (χ1n) is 21.5. The zero-order valence-corrected chi connectivity index (χ0v) is 33.0. The molecule has 0 radical (unpaired) electrons. The quantitative estimate of drug-likeness (QED) is 0.168. The molecule has 0 aliphatic heterocycles. The van der Waals surface area contributed by atoms with Crippen LogP contribution in [-0.4, -0.2) is 19.6 Å². The third kappa shape index (κ3) is 6.88. The van der Waals surface area contributed by atoms with Gasteiger partial charge in [0.05, 0.1) is 28.0 Å². The number of aromatic nitrogens is 3. The van der Waals surface area contributed by atoms with Crippen molar-refractivity contribution in [2.24, 2.45) is 0 Å². The van der Waals surface area contributed by atoms with Gasteiger partial charge in [0.15, 0.2) is 0 Å². The zero-order chi connectivity index (χ0) is 43.3. The minimum atomic E-state index is -2.32. The van der Waals surface area contributed by atoms with Gasteiger partial charge in [-0.05, 0) is 131 Å². The van der Waals surface area contributed by atoms with Crippen LogP contribution in [0.25, 0.3) is 83.9 Å². The molecule has 4 heteroatoms. The van der Waals surface area contributed by atoms with E-state index in [1.165, 1.54) is 0 Å². The third-order valence-electron chi connectivity index (χ3n) is 10.9. The summed E-state index contributed by atoms with van der Waals surface area (Å²) in [5, 5.41) is 11.7. The van der Waals surface area contributed by atoms with Gasteiger partial charge in [-0.15, -0.1) is 0 Å². The number of hydrogen-bond donors (Lipinski definition) is 1. The second-order valence-electron chi connectivity index (χ2n) is 15.2. The molecule has 0 saturated heterocycles. The highest BCUT2D eigenvalue weighted by Gasteiger charge is 2.23. The predicted molar refractivity (Wildman–Crippen MR) is 241 cm³/mol. The van der Waals surface area contributed by atoms with Crippen LogP contribution in [0.2, 0.25) is 0 Å². The van der Waals surface area contributed by atoms with Crippen molar-refractivity contribution < 1.29 is 10.6 Å². The maximum atomic E-state index is 11.7. The SMILES string of the molecule is [2H]C([2H])([2H])c1ccc(-n2c(-c3cc(C)cc(C)c3O)nc3c(-c4cc(-c5ccccc5)cc(-c5cc(-c6ccc(C([2H])(C)C)cc6)ccn5)c4)cccc32)c(-c2ccccc2)c1. The number of imidazole rings is 1. The van der Waals surface area contributed by atoms with Gasteiger partial charge in [-0.3, -0.25) is 9.55 Å². The zero-order valence-electron chi connectivity index (χ0n) is 37.0. The summed E-state index contributed by atoms with van der Waals surface area (Å²) >= 11 is 0. The number of pyridine rings is 1. The van der Waals surface area contributed by atoms with Crippen molar-refractivity contribution in [1.29, 1.82) is 0 Å². The highest BCUT2D eigenvalue weighted by molar-refractivity contribution is 5.98. The van der Waals surface area contributed by atoms with Crippen molar-refractivity contribution in [2.75, 3.05) is 0 Å². The molecule has 0 spiro atoms. The maximum absolute atomic E-state index is 11.7. The molecule has 282 valence electrons. The lowest BCUT2D eigenvalue weighted by atomic mass is 9.93. The molecule has 1 N–H and O–H groups in total. The first-order valence-corrected chi connectivity index (χ1v) is 19.5. The molecular formula is C54H45N3O. The van der Waals surface area contributed by atoms with E-state index in [4.69, 9.17) is 15.5 Å².